The summed E-state index contributed by atoms with van der Waals surface area (Å²) in [7, 11) is 0. The van der Waals surface area contributed by atoms with Gasteiger partial charge in [0.25, 0.3) is 0 Å². The maximum atomic E-state index is 2.41. The van der Waals surface area contributed by atoms with Gasteiger partial charge >= 0.3 is 0 Å². The van der Waals surface area contributed by atoms with Gasteiger partial charge in [-0.25, -0.2) is 0 Å². The van der Waals surface area contributed by atoms with Crippen LogP contribution in [0.25, 0.3) is 11.1 Å². The predicted octanol–water partition coefficient (Wildman–Crippen LogP) is 3.07. The Kier molecular flexibility index (Phi) is 2.89. The monoisotopic (exact) mass is 264 g/mol. The Morgan fingerprint density at radius 3 is 2.10 bits per heavy atom. The van der Waals surface area contributed by atoms with Gasteiger partial charge in [-0.15, -0.1) is 0 Å². The van der Waals surface area contributed by atoms with Gasteiger partial charge in [-0.05, 0) is 24.0 Å². The first-order valence-electron chi connectivity index (χ1n) is 7.87. The first-order valence-corrected chi connectivity index (χ1v) is 7.87. The van der Waals surface area contributed by atoms with Crippen molar-refractivity contribution in [1.29, 1.82) is 0 Å². The van der Waals surface area contributed by atoms with E-state index in [1.807, 2.05) is 0 Å². The number of hydrogen-bond donors (Lipinski definition) is 1. The molecular weight excluding hydrogens is 242 g/mol. The van der Waals surface area contributed by atoms with Crippen LogP contribution in [0.15, 0.2) is 48.5 Å². The summed E-state index contributed by atoms with van der Waals surface area (Å²) in [6.07, 6.45) is 2.77. The van der Waals surface area contributed by atoms with Crippen molar-refractivity contribution in [1.82, 2.24) is 0 Å². The second kappa shape index (κ2) is 4.75. The molecule has 0 bridgehead atoms. The summed E-state index contributed by atoms with van der Waals surface area (Å²) in [4.78, 5) is 1.76. The second-order valence-corrected chi connectivity index (χ2v) is 6.47. The quantitative estimate of drug-likeness (QED) is 0.807. The number of likely N-dealkylation sites (tertiary alicyclic amines) is 1. The highest BCUT2D eigenvalue weighted by molar-refractivity contribution is 5.77. The Bertz CT molecular complexity index is 586. The third kappa shape index (κ3) is 1.81. The molecule has 20 heavy (non-hydrogen) atoms. The van der Waals surface area contributed by atoms with E-state index >= 15 is 0 Å². The minimum Gasteiger partial charge on any atom is -0.325 e. The lowest BCUT2D eigenvalue weighted by Gasteiger charge is -2.33. The normalized spacial score (nSPS) is 25.2. The number of piperidine rings is 1. The van der Waals surface area contributed by atoms with Crippen molar-refractivity contribution >= 4 is 0 Å². The molecule has 2 aliphatic rings. The van der Waals surface area contributed by atoms with Crippen LogP contribution in [0.4, 0.5) is 0 Å². The minimum absolute atomic E-state index is 0.560. The van der Waals surface area contributed by atoms with Crippen molar-refractivity contribution < 1.29 is 4.90 Å². The molecule has 0 aromatic heterocycles. The van der Waals surface area contributed by atoms with Crippen LogP contribution >= 0.6 is 0 Å². The Hall–Kier alpha value is -1.60. The number of rotatable bonds is 1. The van der Waals surface area contributed by atoms with Gasteiger partial charge in [0.05, 0.1) is 13.1 Å². The fourth-order valence-electron chi connectivity index (χ4n) is 4.19. The van der Waals surface area contributed by atoms with Crippen LogP contribution in [0.3, 0.4) is 0 Å². The molecule has 1 unspecified atom stereocenters. The summed E-state index contributed by atoms with van der Waals surface area (Å²) in [5.74, 6) is 0.860. The second-order valence-electron chi connectivity index (χ2n) is 6.47. The van der Waals surface area contributed by atoms with Gasteiger partial charge in [-0.2, -0.15) is 0 Å². The summed E-state index contributed by atoms with van der Waals surface area (Å²) in [5.41, 5.74) is 5.99. The topological polar surface area (TPSA) is 4.44 Å². The smallest absolute Gasteiger partial charge is 0.140 e. The molecule has 0 spiro atoms. The fourth-order valence-corrected chi connectivity index (χ4v) is 4.19. The maximum absolute atomic E-state index is 2.41. The maximum Gasteiger partial charge on any atom is 0.140 e. The van der Waals surface area contributed by atoms with E-state index in [-0.39, 0.29) is 0 Å². The number of quaternary nitrogens is 1. The summed E-state index contributed by atoms with van der Waals surface area (Å²) in [6, 6.07) is 18.6. The Labute approximate surface area is 121 Å². The lowest BCUT2D eigenvalue weighted by molar-refractivity contribution is -0.933. The standard InChI is InChI=1S/C19H21N/c1-14-7-6-12-20(13-14)19-17-10-4-2-8-15(17)16-9-3-5-11-18(16)19/h2-5,8-11,14,19H,6-7,12-13H2,1H3/p+1/t14-/m1/s1. The average molecular weight is 264 g/mol. The highest BCUT2D eigenvalue weighted by Gasteiger charge is 2.37. The van der Waals surface area contributed by atoms with E-state index in [0.717, 1.165) is 5.92 Å². The largest absolute Gasteiger partial charge is 0.325 e. The summed E-state index contributed by atoms with van der Waals surface area (Å²) < 4.78 is 0. The minimum atomic E-state index is 0.560. The molecule has 1 aliphatic heterocycles. The Morgan fingerprint density at radius 1 is 0.900 bits per heavy atom. The van der Waals surface area contributed by atoms with E-state index in [0.29, 0.717) is 6.04 Å². The number of benzene rings is 2. The van der Waals surface area contributed by atoms with Crippen molar-refractivity contribution in [3.8, 4) is 11.1 Å². The Morgan fingerprint density at radius 2 is 1.50 bits per heavy atom. The van der Waals surface area contributed by atoms with Gasteiger partial charge < -0.3 is 4.90 Å². The molecule has 0 radical (unpaired) electrons. The van der Waals surface area contributed by atoms with Gasteiger partial charge in [-0.1, -0.05) is 55.5 Å². The van der Waals surface area contributed by atoms with E-state index in [2.05, 4.69) is 55.5 Å². The van der Waals surface area contributed by atoms with Gasteiger partial charge in [0.1, 0.15) is 6.04 Å². The highest BCUT2D eigenvalue weighted by Crippen LogP contribution is 2.41. The molecule has 1 N–H and O–H groups in total. The summed E-state index contributed by atoms with van der Waals surface area (Å²) in [6.45, 7) is 5.04. The zero-order chi connectivity index (χ0) is 13.5. The van der Waals surface area contributed by atoms with Crippen LogP contribution in [0.5, 0.6) is 0 Å². The molecule has 1 nitrogen and oxygen atoms in total. The van der Waals surface area contributed by atoms with Crippen molar-refractivity contribution in [2.45, 2.75) is 25.8 Å². The van der Waals surface area contributed by atoms with Crippen molar-refractivity contribution in [2.24, 2.45) is 5.92 Å². The molecule has 2 aromatic carbocycles. The molecule has 4 rings (SSSR count). The van der Waals surface area contributed by atoms with Crippen LogP contribution in [0.2, 0.25) is 0 Å². The van der Waals surface area contributed by atoms with Gasteiger partial charge in [0.15, 0.2) is 0 Å². The van der Waals surface area contributed by atoms with Crippen LogP contribution in [0.1, 0.15) is 36.9 Å². The van der Waals surface area contributed by atoms with Crippen LogP contribution < -0.4 is 4.90 Å². The molecule has 0 saturated carbocycles. The first kappa shape index (κ1) is 12.2. The zero-order valence-electron chi connectivity index (χ0n) is 12.1. The molecule has 1 fully saturated rings. The number of fused-ring (bicyclic) bond motifs is 3. The molecule has 1 heteroatoms. The lowest BCUT2D eigenvalue weighted by atomic mass is 9.95. The predicted molar refractivity (Wildman–Crippen MR) is 82.8 cm³/mol. The van der Waals surface area contributed by atoms with Gasteiger partial charge in [0, 0.05) is 17.0 Å². The Balaban J connectivity index is 1.83. The molecular formula is C19H22N+. The SMILES string of the molecule is C[C@@H]1CCC[NH+](C2c3ccccc3-c3ccccc32)C1. The molecule has 0 amide bonds. The van der Waals surface area contributed by atoms with Gasteiger partial charge in [-0.3, -0.25) is 0 Å². The molecule has 2 atom stereocenters. The third-order valence-electron chi connectivity index (χ3n) is 5.05. The number of hydrogen-bond acceptors (Lipinski definition) is 0. The van der Waals surface area contributed by atoms with E-state index in [1.165, 1.54) is 48.2 Å². The number of nitrogens with one attached hydrogen (secondary N) is 1. The van der Waals surface area contributed by atoms with Crippen molar-refractivity contribution in [3.05, 3.63) is 59.7 Å². The highest BCUT2D eigenvalue weighted by atomic mass is 15.2. The molecule has 102 valence electrons. The summed E-state index contributed by atoms with van der Waals surface area (Å²) in [5, 5.41) is 0. The van der Waals surface area contributed by atoms with Gasteiger partial charge in [0.2, 0.25) is 0 Å². The molecule has 2 aromatic rings. The fraction of sp³-hybridized carbons (Fsp3) is 0.368. The van der Waals surface area contributed by atoms with Crippen LogP contribution in [-0.4, -0.2) is 13.1 Å². The first-order chi connectivity index (χ1) is 9.84. The van der Waals surface area contributed by atoms with Crippen molar-refractivity contribution in [2.75, 3.05) is 13.1 Å². The van der Waals surface area contributed by atoms with E-state index in [1.54, 1.807) is 4.90 Å². The molecule has 1 saturated heterocycles. The van der Waals surface area contributed by atoms with Crippen LogP contribution in [-0.2, 0) is 0 Å². The van der Waals surface area contributed by atoms with E-state index in [9.17, 15) is 0 Å². The third-order valence-corrected chi connectivity index (χ3v) is 5.05. The average Bonchev–Trinajstić information content (AvgIpc) is 2.82. The van der Waals surface area contributed by atoms with Crippen LogP contribution in [0, 0.1) is 5.92 Å². The zero-order valence-corrected chi connectivity index (χ0v) is 12.1. The van der Waals surface area contributed by atoms with E-state index < -0.39 is 0 Å². The lowest BCUT2D eigenvalue weighted by Crippen LogP contribution is -3.13. The van der Waals surface area contributed by atoms with Crippen molar-refractivity contribution in [3.63, 3.8) is 0 Å². The van der Waals surface area contributed by atoms with E-state index in [4.69, 9.17) is 0 Å². The molecule has 1 aliphatic carbocycles. The summed E-state index contributed by atoms with van der Waals surface area (Å²) >= 11 is 0. The molecule has 1 heterocycles.